The Morgan fingerprint density at radius 3 is 2.63 bits per heavy atom. The van der Waals surface area contributed by atoms with Gasteiger partial charge in [0.15, 0.2) is 0 Å². The Hall–Kier alpha value is -2.33. The third kappa shape index (κ3) is 3.59. The van der Waals surface area contributed by atoms with E-state index >= 15 is 0 Å². The molecule has 1 aliphatic rings. The number of aromatic nitrogens is 2. The number of para-hydroxylation sites is 2. The van der Waals surface area contributed by atoms with Crippen LogP contribution in [0.25, 0.3) is 11.0 Å². The lowest BCUT2D eigenvalue weighted by atomic mass is 10.1. The monoisotopic (exact) mass is 381 g/mol. The lowest BCUT2D eigenvalue weighted by molar-refractivity contribution is -0.117. The van der Waals surface area contributed by atoms with Gasteiger partial charge in [0.25, 0.3) is 0 Å². The fourth-order valence-corrected chi connectivity index (χ4v) is 3.91. The summed E-state index contributed by atoms with van der Waals surface area (Å²) in [5, 5.41) is 0.678. The van der Waals surface area contributed by atoms with Crippen molar-refractivity contribution in [2.75, 3.05) is 11.4 Å². The van der Waals surface area contributed by atoms with Gasteiger partial charge in [0.1, 0.15) is 5.82 Å². The van der Waals surface area contributed by atoms with E-state index in [0.717, 1.165) is 35.5 Å². The van der Waals surface area contributed by atoms with Crippen LogP contribution in [0.2, 0.25) is 5.02 Å². The van der Waals surface area contributed by atoms with Crippen LogP contribution in [0.3, 0.4) is 0 Å². The van der Waals surface area contributed by atoms with Gasteiger partial charge in [-0.25, -0.2) is 4.98 Å². The number of carbonyl (C=O) groups excluding carboxylic acids is 1. The predicted octanol–water partition coefficient (Wildman–Crippen LogP) is 5.26. The molecule has 0 bridgehead atoms. The lowest BCUT2D eigenvalue weighted by Crippen LogP contribution is -2.24. The molecular formula is C22H24ClN3O. The van der Waals surface area contributed by atoms with Crippen LogP contribution in [0, 0.1) is 5.92 Å². The molecule has 0 spiro atoms. The number of aryl methyl sites for hydroxylation is 1. The van der Waals surface area contributed by atoms with Gasteiger partial charge in [-0.3, -0.25) is 4.79 Å². The van der Waals surface area contributed by atoms with Crippen LogP contribution in [-0.4, -0.2) is 22.0 Å². The van der Waals surface area contributed by atoms with Crippen molar-refractivity contribution in [1.29, 1.82) is 0 Å². The number of benzene rings is 2. The van der Waals surface area contributed by atoms with E-state index in [2.05, 4.69) is 36.6 Å². The summed E-state index contributed by atoms with van der Waals surface area (Å²) in [5.74, 6) is 1.90. The lowest BCUT2D eigenvalue weighted by Gasteiger charge is -2.18. The number of imidazole rings is 1. The quantitative estimate of drug-likeness (QED) is 0.604. The summed E-state index contributed by atoms with van der Waals surface area (Å²) in [5.41, 5.74) is 3.07. The molecule has 3 aromatic rings. The van der Waals surface area contributed by atoms with Crippen LogP contribution in [-0.2, 0) is 11.3 Å². The number of hydrogen-bond acceptors (Lipinski definition) is 2. The van der Waals surface area contributed by atoms with E-state index in [4.69, 9.17) is 16.6 Å². The van der Waals surface area contributed by atoms with Gasteiger partial charge in [-0.05, 0) is 48.7 Å². The minimum atomic E-state index is 0.104. The zero-order chi connectivity index (χ0) is 19.0. The standard InChI is InChI=1S/C22H24ClN3O/c1-15(2)11-12-25-20-6-4-3-5-19(20)24-22(25)16-13-21(27)26(14-16)18-9-7-17(23)8-10-18/h3-10,15-16H,11-14H2,1-2H3/t16-/m0/s1. The van der Waals surface area contributed by atoms with Crippen LogP contribution in [0.1, 0.15) is 38.4 Å². The second-order valence-electron chi connectivity index (χ2n) is 7.67. The topological polar surface area (TPSA) is 38.1 Å². The van der Waals surface area contributed by atoms with Crippen LogP contribution < -0.4 is 4.90 Å². The number of fused-ring (bicyclic) bond motifs is 1. The van der Waals surface area contributed by atoms with E-state index in [-0.39, 0.29) is 11.8 Å². The highest BCUT2D eigenvalue weighted by atomic mass is 35.5. The number of rotatable bonds is 5. The molecule has 0 radical (unpaired) electrons. The molecule has 0 unspecified atom stereocenters. The van der Waals surface area contributed by atoms with Gasteiger partial charge in [0.05, 0.1) is 11.0 Å². The maximum atomic E-state index is 12.7. The Morgan fingerprint density at radius 1 is 1.15 bits per heavy atom. The largest absolute Gasteiger partial charge is 0.328 e. The van der Waals surface area contributed by atoms with Crippen molar-refractivity contribution in [2.24, 2.45) is 5.92 Å². The van der Waals surface area contributed by atoms with Gasteiger partial charge in [0.2, 0.25) is 5.91 Å². The molecule has 4 nitrogen and oxygen atoms in total. The van der Waals surface area contributed by atoms with Crippen molar-refractivity contribution < 1.29 is 4.79 Å². The Kier molecular flexibility index (Phi) is 4.92. The second-order valence-corrected chi connectivity index (χ2v) is 8.11. The second kappa shape index (κ2) is 7.35. The van der Waals surface area contributed by atoms with Crippen molar-refractivity contribution in [3.63, 3.8) is 0 Å². The van der Waals surface area contributed by atoms with Gasteiger partial charge < -0.3 is 9.47 Å². The minimum absolute atomic E-state index is 0.104. The summed E-state index contributed by atoms with van der Waals surface area (Å²) >= 11 is 5.99. The highest BCUT2D eigenvalue weighted by Crippen LogP contribution is 2.33. The number of halogens is 1. The number of amides is 1. The smallest absolute Gasteiger partial charge is 0.227 e. The Bertz CT molecular complexity index is 961. The van der Waals surface area contributed by atoms with Crippen LogP contribution in [0.5, 0.6) is 0 Å². The van der Waals surface area contributed by atoms with Gasteiger partial charge in [-0.1, -0.05) is 37.6 Å². The molecule has 1 fully saturated rings. The van der Waals surface area contributed by atoms with Gasteiger partial charge >= 0.3 is 0 Å². The van der Waals surface area contributed by atoms with Gasteiger partial charge in [-0.15, -0.1) is 0 Å². The molecule has 140 valence electrons. The van der Waals surface area contributed by atoms with Crippen molar-refractivity contribution in [3.8, 4) is 0 Å². The molecule has 1 saturated heterocycles. The van der Waals surface area contributed by atoms with E-state index < -0.39 is 0 Å². The molecular weight excluding hydrogens is 358 g/mol. The fourth-order valence-electron chi connectivity index (χ4n) is 3.78. The first kappa shape index (κ1) is 18.1. The molecule has 2 aromatic carbocycles. The summed E-state index contributed by atoms with van der Waals surface area (Å²) in [7, 11) is 0. The molecule has 0 N–H and O–H groups in total. The Morgan fingerprint density at radius 2 is 1.89 bits per heavy atom. The van der Waals surface area contributed by atoms with Crippen LogP contribution in [0.4, 0.5) is 5.69 Å². The van der Waals surface area contributed by atoms with Crippen LogP contribution >= 0.6 is 11.6 Å². The molecule has 0 saturated carbocycles. The molecule has 1 aliphatic heterocycles. The number of nitrogens with zero attached hydrogens (tertiary/aromatic N) is 3. The van der Waals surface area contributed by atoms with E-state index in [1.165, 1.54) is 0 Å². The summed E-state index contributed by atoms with van der Waals surface area (Å²) in [6.45, 7) is 6.06. The Balaban J connectivity index is 1.66. The van der Waals surface area contributed by atoms with E-state index in [1.807, 2.05) is 35.2 Å². The Labute approximate surface area is 164 Å². The average Bonchev–Trinajstić information content (AvgIpc) is 3.21. The molecule has 4 rings (SSSR count). The molecule has 2 heterocycles. The zero-order valence-corrected chi connectivity index (χ0v) is 16.5. The third-order valence-corrected chi connectivity index (χ3v) is 5.49. The molecule has 1 amide bonds. The molecule has 27 heavy (non-hydrogen) atoms. The fraction of sp³-hybridized carbons (Fsp3) is 0.364. The molecule has 5 heteroatoms. The van der Waals surface area contributed by atoms with Crippen LogP contribution in [0.15, 0.2) is 48.5 Å². The van der Waals surface area contributed by atoms with Crippen molar-refractivity contribution in [2.45, 2.75) is 39.2 Å². The number of carbonyl (C=O) groups is 1. The molecule has 1 aromatic heterocycles. The normalized spacial score (nSPS) is 17.4. The maximum Gasteiger partial charge on any atom is 0.227 e. The van der Waals surface area contributed by atoms with E-state index in [1.54, 1.807) is 0 Å². The predicted molar refractivity (Wildman–Crippen MR) is 110 cm³/mol. The van der Waals surface area contributed by atoms with Gasteiger partial charge in [-0.2, -0.15) is 0 Å². The van der Waals surface area contributed by atoms with Crippen molar-refractivity contribution >= 4 is 34.2 Å². The summed E-state index contributed by atoms with van der Waals surface area (Å²) in [4.78, 5) is 19.5. The van der Waals surface area contributed by atoms with E-state index in [0.29, 0.717) is 23.9 Å². The number of hydrogen-bond donors (Lipinski definition) is 0. The minimum Gasteiger partial charge on any atom is -0.328 e. The average molecular weight is 382 g/mol. The summed E-state index contributed by atoms with van der Waals surface area (Å²) in [6, 6.07) is 15.7. The summed E-state index contributed by atoms with van der Waals surface area (Å²) in [6.07, 6.45) is 1.59. The SMILES string of the molecule is CC(C)CCn1c([C@H]2CC(=O)N(c3ccc(Cl)cc3)C2)nc2ccccc21. The highest BCUT2D eigenvalue weighted by Gasteiger charge is 2.34. The first-order chi connectivity index (χ1) is 13.0. The first-order valence-corrected chi connectivity index (χ1v) is 9.92. The highest BCUT2D eigenvalue weighted by molar-refractivity contribution is 6.30. The van der Waals surface area contributed by atoms with Crippen molar-refractivity contribution in [3.05, 3.63) is 59.4 Å². The zero-order valence-electron chi connectivity index (χ0n) is 15.7. The molecule has 0 aliphatic carbocycles. The van der Waals surface area contributed by atoms with Crippen molar-refractivity contribution in [1.82, 2.24) is 9.55 Å². The first-order valence-electron chi connectivity index (χ1n) is 9.54. The maximum absolute atomic E-state index is 12.7. The van der Waals surface area contributed by atoms with Gasteiger partial charge in [0, 0.05) is 36.1 Å². The van der Waals surface area contributed by atoms with E-state index in [9.17, 15) is 4.79 Å². The third-order valence-electron chi connectivity index (χ3n) is 5.24. The molecule has 1 atom stereocenters. The summed E-state index contributed by atoms with van der Waals surface area (Å²) < 4.78 is 2.32. The number of anilines is 1.